The molecule has 2 unspecified atom stereocenters. The first-order valence-corrected chi connectivity index (χ1v) is 4.90. The summed E-state index contributed by atoms with van der Waals surface area (Å²) in [4.78, 5) is 10.7. The molecular weight excluding hydrogens is 180 g/mol. The molecule has 80 valence electrons. The molecule has 0 amide bonds. The van der Waals surface area contributed by atoms with Gasteiger partial charge in [-0.1, -0.05) is 26.0 Å². The zero-order chi connectivity index (χ0) is 10.9. The van der Waals surface area contributed by atoms with Gasteiger partial charge in [0.15, 0.2) is 0 Å². The van der Waals surface area contributed by atoms with Gasteiger partial charge in [0.1, 0.15) is 0 Å². The van der Waals surface area contributed by atoms with Crippen molar-refractivity contribution in [1.82, 2.24) is 0 Å². The van der Waals surface area contributed by atoms with Crippen LogP contribution in [0.2, 0.25) is 0 Å². The van der Waals surface area contributed by atoms with Gasteiger partial charge in [-0.3, -0.25) is 4.79 Å². The molecule has 0 saturated heterocycles. The minimum absolute atomic E-state index is 0.00264. The number of carboxylic acid groups (broad SMARTS) is 1. The first-order valence-electron chi connectivity index (χ1n) is 4.90. The average Bonchev–Trinajstić information content (AvgIpc) is 2.27. The molecule has 1 saturated carbocycles. The first-order chi connectivity index (χ1) is 6.39. The second kappa shape index (κ2) is 3.73. The monoisotopic (exact) mass is 198 g/mol. The highest BCUT2D eigenvalue weighted by Crippen LogP contribution is 2.51. The Morgan fingerprint density at radius 3 is 2.57 bits per heavy atom. The van der Waals surface area contributed by atoms with Crippen molar-refractivity contribution >= 4 is 5.97 Å². The minimum atomic E-state index is -0.789. The van der Waals surface area contributed by atoms with Gasteiger partial charge in [-0.15, -0.1) is 0 Å². The van der Waals surface area contributed by atoms with Gasteiger partial charge < -0.3 is 10.2 Å². The van der Waals surface area contributed by atoms with Crippen LogP contribution in [0.15, 0.2) is 12.2 Å². The molecule has 0 aromatic rings. The number of aliphatic hydroxyl groups is 1. The maximum absolute atomic E-state index is 10.7. The van der Waals surface area contributed by atoms with Crippen LogP contribution in [-0.4, -0.2) is 22.8 Å². The van der Waals surface area contributed by atoms with E-state index in [2.05, 4.69) is 6.58 Å². The van der Waals surface area contributed by atoms with E-state index in [-0.39, 0.29) is 30.3 Å². The number of hydrogen-bond acceptors (Lipinski definition) is 2. The lowest BCUT2D eigenvalue weighted by Gasteiger charge is -2.31. The summed E-state index contributed by atoms with van der Waals surface area (Å²) in [5.41, 5.74) is 0.820. The Morgan fingerprint density at radius 2 is 2.21 bits per heavy atom. The number of aliphatic carboxylic acids is 1. The van der Waals surface area contributed by atoms with Crippen molar-refractivity contribution in [3.05, 3.63) is 12.2 Å². The van der Waals surface area contributed by atoms with Gasteiger partial charge >= 0.3 is 5.97 Å². The lowest BCUT2D eigenvalue weighted by atomic mass is 9.74. The highest BCUT2D eigenvalue weighted by atomic mass is 16.4. The van der Waals surface area contributed by atoms with Crippen molar-refractivity contribution in [2.45, 2.75) is 26.7 Å². The van der Waals surface area contributed by atoms with Gasteiger partial charge in [-0.25, -0.2) is 0 Å². The molecule has 0 aromatic carbocycles. The van der Waals surface area contributed by atoms with Crippen molar-refractivity contribution in [1.29, 1.82) is 0 Å². The van der Waals surface area contributed by atoms with E-state index in [9.17, 15) is 9.90 Å². The van der Waals surface area contributed by atoms with Crippen molar-refractivity contribution in [2.75, 3.05) is 6.61 Å². The zero-order valence-electron chi connectivity index (χ0n) is 8.79. The zero-order valence-corrected chi connectivity index (χ0v) is 8.79. The quantitative estimate of drug-likeness (QED) is 0.678. The third kappa shape index (κ3) is 1.82. The number of carbonyl (C=O) groups is 1. The van der Waals surface area contributed by atoms with E-state index in [0.29, 0.717) is 0 Å². The topological polar surface area (TPSA) is 57.5 Å². The molecule has 0 spiro atoms. The summed E-state index contributed by atoms with van der Waals surface area (Å²) in [5, 5.41) is 18.0. The van der Waals surface area contributed by atoms with E-state index in [1.807, 2.05) is 13.8 Å². The van der Waals surface area contributed by atoms with Gasteiger partial charge in [0.25, 0.3) is 0 Å². The van der Waals surface area contributed by atoms with Crippen LogP contribution in [0.1, 0.15) is 26.7 Å². The van der Waals surface area contributed by atoms with Crippen molar-refractivity contribution in [2.24, 2.45) is 17.3 Å². The molecule has 0 radical (unpaired) electrons. The Kier molecular flexibility index (Phi) is 3.00. The molecule has 1 aliphatic carbocycles. The minimum Gasteiger partial charge on any atom is -0.481 e. The third-order valence-corrected chi connectivity index (χ3v) is 3.55. The molecule has 1 rings (SSSR count). The predicted octanol–water partition coefficient (Wildman–Crippen LogP) is 1.67. The number of allylic oxidation sites excluding steroid dienone is 1. The van der Waals surface area contributed by atoms with E-state index in [1.165, 1.54) is 0 Å². The second-order valence-electron chi connectivity index (χ2n) is 4.71. The Morgan fingerprint density at radius 1 is 1.64 bits per heavy atom. The number of aliphatic hydroxyl groups excluding tert-OH is 1. The van der Waals surface area contributed by atoms with E-state index in [4.69, 9.17) is 5.11 Å². The van der Waals surface area contributed by atoms with Gasteiger partial charge in [0.2, 0.25) is 0 Å². The van der Waals surface area contributed by atoms with E-state index in [0.717, 1.165) is 12.0 Å². The molecule has 3 nitrogen and oxygen atoms in total. The fourth-order valence-electron chi connectivity index (χ4n) is 2.41. The third-order valence-electron chi connectivity index (χ3n) is 3.55. The molecule has 2 N–H and O–H groups in total. The lowest BCUT2D eigenvalue weighted by Crippen LogP contribution is -2.29. The molecular formula is C11H18O3. The highest BCUT2D eigenvalue weighted by molar-refractivity contribution is 5.68. The van der Waals surface area contributed by atoms with Crippen LogP contribution in [0.25, 0.3) is 0 Å². The summed E-state index contributed by atoms with van der Waals surface area (Å²) in [7, 11) is 0. The summed E-state index contributed by atoms with van der Waals surface area (Å²) in [6.07, 6.45) is 0.879. The van der Waals surface area contributed by atoms with Crippen LogP contribution in [-0.2, 0) is 4.79 Å². The predicted molar refractivity (Wildman–Crippen MR) is 53.9 cm³/mol. The largest absolute Gasteiger partial charge is 0.481 e. The highest BCUT2D eigenvalue weighted by Gasteiger charge is 2.45. The van der Waals surface area contributed by atoms with Gasteiger partial charge in [-0.2, -0.15) is 0 Å². The standard InChI is InChI=1S/C11H18O3/c1-7-4-8(6-12)11(2,3)9(7)5-10(13)14/h8-9,12H,1,4-6H2,2-3H3,(H,13,14). The Balaban J connectivity index is 2.84. The summed E-state index contributed by atoms with van der Waals surface area (Å²) in [5.74, 6) is -0.640. The molecule has 2 atom stereocenters. The molecule has 1 fully saturated rings. The van der Waals surface area contributed by atoms with Crippen LogP contribution < -0.4 is 0 Å². The fourth-order valence-corrected chi connectivity index (χ4v) is 2.41. The van der Waals surface area contributed by atoms with E-state index >= 15 is 0 Å². The summed E-state index contributed by atoms with van der Waals surface area (Å²) in [6.45, 7) is 8.05. The molecule has 0 aromatic heterocycles. The van der Waals surface area contributed by atoms with Crippen molar-refractivity contribution < 1.29 is 15.0 Å². The fraction of sp³-hybridized carbons (Fsp3) is 0.727. The number of rotatable bonds is 3. The Hall–Kier alpha value is -0.830. The van der Waals surface area contributed by atoms with Crippen LogP contribution in [0, 0.1) is 17.3 Å². The Bertz CT molecular complexity index is 255. The number of hydrogen-bond donors (Lipinski definition) is 2. The summed E-state index contributed by atoms with van der Waals surface area (Å²) >= 11 is 0. The summed E-state index contributed by atoms with van der Waals surface area (Å²) in [6, 6.07) is 0. The molecule has 0 aliphatic heterocycles. The smallest absolute Gasteiger partial charge is 0.303 e. The molecule has 1 aliphatic rings. The normalized spacial score (nSPS) is 30.6. The van der Waals surface area contributed by atoms with E-state index in [1.54, 1.807) is 0 Å². The van der Waals surface area contributed by atoms with Crippen LogP contribution >= 0.6 is 0 Å². The molecule has 14 heavy (non-hydrogen) atoms. The Labute approximate surface area is 84.4 Å². The summed E-state index contributed by atoms with van der Waals surface area (Å²) < 4.78 is 0. The van der Waals surface area contributed by atoms with Gasteiger partial charge in [-0.05, 0) is 23.7 Å². The maximum Gasteiger partial charge on any atom is 0.303 e. The maximum atomic E-state index is 10.7. The van der Waals surface area contributed by atoms with E-state index < -0.39 is 5.97 Å². The molecule has 3 heteroatoms. The van der Waals surface area contributed by atoms with Crippen molar-refractivity contribution in [3.63, 3.8) is 0 Å². The van der Waals surface area contributed by atoms with Gasteiger partial charge in [0, 0.05) is 6.61 Å². The SMILES string of the molecule is C=C1CC(CO)C(C)(C)C1CC(=O)O. The lowest BCUT2D eigenvalue weighted by molar-refractivity contribution is -0.138. The number of carboxylic acids is 1. The average molecular weight is 198 g/mol. The first kappa shape index (κ1) is 11.2. The molecule has 0 bridgehead atoms. The molecule has 0 heterocycles. The second-order valence-corrected chi connectivity index (χ2v) is 4.71. The van der Waals surface area contributed by atoms with Gasteiger partial charge in [0.05, 0.1) is 6.42 Å². The van der Waals surface area contributed by atoms with Crippen LogP contribution in [0.4, 0.5) is 0 Å². The van der Waals surface area contributed by atoms with Crippen LogP contribution in [0.3, 0.4) is 0 Å². The van der Waals surface area contributed by atoms with Crippen LogP contribution in [0.5, 0.6) is 0 Å². The van der Waals surface area contributed by atoms with Crippen molar-refractivity contribution in [3.8, 4) is 0 Å².